The van der Waals surface area contributed by atoms with E-state index in [4.69, 9.17) is 0 Å². The summed E-state index contributed by atoms with van der Waals surface area (Å²) in [5, 5.41) is 8.66. The second-order valence-corrected chi connectivity index (χ2v) is 8.19. The molecule has 1 unspecified atom stereocenters. The minimum atomic E-state index is 0.135. The molecule has 25 heavy (non-hydrogen) atoms. The number of aryl methyl sites for hydroxylation is 1. The number of amides is 1. The Labute approximate surface area is 148 Å². The van der Waals surface area contributed by atoms with Crippen molar-refractivity contribution >= 4 is 5.91 Å². The molecule has 6 heteroatoms. The van der Waals surface area contributed by atoms with E-state index < -0.39 is 0 Å². The van der Waals surface area contributed by atoms with Crippen molar-refractivity contribution in [3.63, 3.8) is 0 Å². The average Bonchev–Trinajstić information content (AvgIpc) is 3.22. The van der Waals surface area contributed by atoms with Crippen molar-refractivity contribution in [2.45, 2.75) is 45.6 Å². The molecule has 2 aromatic rings. The van der Waals surface area contributed by atoms with Gasteiger partial charge in [0.1, 0.15) is 17.8 Å². The summed E-state index contributed by atoms with van der Waals surface area (Å²) in [5.74, 6) is 2.05. The van der Waals surface area contributed by atoms with Crippen LogP contribution in [0, 0.1) is 11.3 Å². The molecule has 1 saturated carbocycles. The Bertz CT molecular complexity index is 770. The van der Waals surface area contributed by atoms with Crippen LogP contribution in [-0.4, -0.2) is 43.2 Å². The molecule has 2 fully saturated rings. The standard InChI is InChI=1S/C19H27N5O/c1-14(2)10-24-13-20-21-17(24)15-11-23(12-19(15)7-5-8-19)18(25)16-6-4-9-22(16)3/h4,6,9,13-15H,5,7-8,10-12H2,1-3H3. The first kappa shape index (κ1) is 16.4. The first-order valence-corrected chi connectivity index (χ1v) is 9.28. The first-order valence-electron chi connectivity index (χ1n) is 9.28. The third-order valence-corrected chi connectivity index (χ3v) is 5.97. The normalized spacial score (nSPS) is 21.9. The fourth-order valence-corrected chi connectivity index (χ4v) is 4.53. The van der Waals surface area contributed by atoms with Crippen molar-refractivity contribution in [2.75, 3.05) is 13.1 Å². The van der Waals surface area contributed by atoms with E-state index in [0.29, 0.717) is 11.8 Å². The molecule has 0 radical (unpaired) electrons. The molecule has 3 heterocycles. The molecule has 1 aliphatic heterocycles. The molecule has 0 N–H and O–H groups in total. The van der Waals surface area contributed by atoms with Crippen LogP contribution in [0.25, 0.3) is 0 Å². The Hall–Kier alpha value is -2.11. The molecule has 2 aromatic heterocycles. The van der Waals surface area contributed by atoms with Crippen molar-refractivity contribution in [2.24, 2.45) is 18.4 Å². The van der Waals surface area contributed by atoms with Crippen LogP contribution in [0.2, 0.25) is 0 Å². The van der Waals surface area contributed by atoms with Crippen LogP contribution in [-0.2, 0) is 13.6 Å². The fourth-order valence-electron chi connectivity index (χ4n) is 4.53. The van der Waals surface area contributed by atoms with Crippen molar-refractivity contribution < 1.29 is 4.79 Å². The minimum Gasteiger partial charge on any atom is -0.347 e. The zero-order valence-corrected chi connectivity index (χ0v) is 15.4. The second kappa shape index (κ2) is 6.00. The van der Waals surface area contributed by atoms with Crippen LogP contribution in [0.5, 0.6) is 0 Å². The lowest BCUT2D eigenvalue weighted by Gasteiger charge is -2.42. The number of hydrogen-bond acceptors (Lipinski definition) is 3. The number of carbonyl (C=O) groups is 1. The quantitative estimate of drug-likeness (QED) is 0.859. The van der Waals surface area contributed by atoms with Gasteiger partial charge in [0.25, 0.3) is 5.91 Å². The lowest BCUT2D eigenvalue weighted by atomic mass is 9.62. The van der Waals surface area contributed by atoms with Gasteiger partial charge in [-0.3, -0.25) is 4.79 Å². The number of rotatable bonds is 4. The van der Waals surface area contributed by atoms with Gasteiger partial charge in [-0.1, -0.05) is 20.3 Å². The summed E-state index contributed by atoms with van der Waals surface area (Å²) in [5.41, 5.74) is 0.960. The van der Waals surface area contributed by atoms with Crippen LogP contribution >= 0.6 is 0 Å². The van der Waals surface area contributed by atoms with Gasteiger partial charge in [0.2, 0.25) is 0 Å². The fraction of sp³-hybridized carbons (Fsp3) is 0.632. The summed E-state index contributed by atoms with van der Waals surface area (Å²) >= 11 is 0. The average molecular weight is 341 g/mol. The molecule has 2 aliphatic rings. The minimum absolute atomic E-state index is 0.135. The molecule has 1 aliphatic carbocycles. The predicted octanol–water partition coefficient (Wildman–Crippen LogP) is 2.68. The van der Waals surface area contributed by atoms with Crippen LogP contribution in [0.1, 0.15) is 55.3 Å². The molecule has 134 valence electrons. The van der Waals surface area contributed by atoms with Gasteiger partial charge in [0.15, 0.2) is 0 Å². The SMILES string of the molecule is CC(C)Cn1cnnc1C1CN(C(=O)c2cccn2C)CC12CCC2. The van der Waals surface area contributed by atoms with E-state index in [0.717, 1.165) is 31.2 Å². The van der Waals surface area contributed by atoms with Crippen molar-refractivity contribution in [3.05, 3.63) is 36.2 Å². The van der Waals surface area contributed by atoms with E-state index >= 15 is 0 Å². The molecule has 1 saturated heterocycles. The van der Waals surface area contributed by atoms with Gasteiger partial charge < -0.3 is 14.0 Å². The summed E-state index contributed by atoms with van der Waals surface area (Å²) < 4.78 is 4.11. The largest absolute Gasteiger partial charge is 0.347 e. The van der Waals surface area contributed by atoms with Gasteiger partial charge >= 0.3 is 0 Å². The summed E-state index contributed by atoms with van der Waals surface area (Å²) in [7, 11) is 1.93. The monoisotopic (exact) mass is 341 g/mol. The van der Waals surface area contributed by atoms with Crippen LogP contribution in [0.3, 0.4) is 0 Å². The Morgan fingerprint density at radius 3 is 2.80 bits per heavy atom. The van der Waals surface area contributed by atoms with Gasteiger partial charge in [-0.25, -0.2) is 0 Å². The van der Waals surface area contributed by atoms with Crippen molar-refractivity contribution in [3.8, 4) is 0 Å². The molecule has 1 amide bonds. The third kappa shape index (κ3) is 2.68. The number of carbonyl (C=O) groups excluding carboxylic acids is 1. The number of hydrogen-bond donors (Lipinski definition) is 0. The Kier molecular flexibility index (Phi) is 3.93. The highest BCUT2D eigenvalue weighted by Gasteiger charge is 2.53. The van der Waals surface area contributed by atoms with E-state index in [9.17, 15) is 4.79 Å². The molecular weight excluding hydrogens is 314 g/mol. The number of likely N-dealkylation sites (tertiary alicyclic amines) is 1. The van der Waals surface area contributed by atoms with E-state index in [-0.39, 0.29) is 11.3 Å². The summed E-state index contributed by atoms with van der Waals surface area (Å²) in [6, 6.07) is 3.84. The van der Waals surface area contributed by atoms with Gasteiger partial charge in [-0.15, -0.1) is 10.2 Å². The molecule has 1 atom stereocenters. The molecular formula is C19H27N5O. The van der Waals surface area contributed by atoms with Crippen LogP contribution in [0.15, 0.2) is 24.7 Å². The highest BCUT2D eigenvalue weighted by Crippen LogP contribution is 2.55. The van der Waals surface area contributed by atoms with Crippen LogP contribution < -0.4 is 0 Å². The van der Waals surface area contributed by atoms with Crippen molar-refractivity contribution in [1.29, 1.82) is 0 Å². The predicted molar refractivity (Wildman–Crippen MR) is 95.2 cm³/mol. The number of aromatic nitrogens is 4. The highest BCUT2D eigenvalue weighted by atomic mass is 16.2. The molecule has 6 nitrogen and oxygen atoms in total. The molecule has 0 aromatic carbocycles. The van der Waals surface area contributed by atoms with Gasteiger partial charge in [0.05, 0.1) is 0 Å². The lowest BCUT2D eigenvalue weighted by molar-refractivity contribution is 0.0714. The Morgan fingerprint density at radius 1 is 1.40 bits per heavy atom. The van der Waals surface area contributed by atoms with E-state index in [2.05, 4.69) is 28.6 Å². The molecule has 1 spiro atoms. The number of nitrogens with zero attached hydrogens (tertiary/aromatic N) is 5. The zero-order valence-electron chi connectivity index (χ0n) is 15.4. The van der Waals surface area contributed by atoms with Gasteiger partial charge in [-0.2, -0.15) is 0 Å². The maximum absolute atomic E-state index is 13.0. The Balaban J connectivity index is 1.62. The van der Waals surface area contributed by atoms with E-state index in [1.54, 1.807) is 0 Å². The maximum atomic E-state index is 13.0. The Morgan fingerprint density at radius 2 is 2.20 bits per heavy atom. The zero-order chi connectivity index (χ0) is 17.6. The lowest BCUT2D eigenvalue weighted by Crippen LogP contribution is -2.38. The van der Waals surface area contributed by atoms with Crippen LogP contribution in [0.4, 0.5) is 0 Å². The summed E-state index contributed by atoms with van der Waals surface area (Å²) in [6.07, 6.45) is 7.40. The second-order valence-electron chi connectivity index (χ2n) is 8.19. The maximum Gasteiger partial charge on any atom is 0.270 e. The van der Waals surface area contributed by atoms with Crippen molar-refractivity contribution in [1.82, 2.24) is 24.2 Å². The highest BCUT2D eigenvalue weighted by molar-refractivity contribution is 5.93. The molecule has 0 bridgehead atoms. The molecule has 4 rings (SSSR count). The van der Waals surface area contributed by atoms with E-state index in [1.807, 2.05) is 41.2 Å². The van der Waals surface area contributed by atoms with E-state index in [1.165, 1.54) is 19.3 Å². The summed E-state index contributed by atoms with van der Waals surface area (Å²) in [4.78, 5) is 15.0. The topological polar surface area (TPSA) is 56.0 Å². The summed E-state index contributed by atoms with van der Waals surface area (Å²) in [6.45, 7) is 6.95. The first-order chi connectivity index (χ1) is 12.0. The van der Waals surface area contributed by atoms with Gasteiger partial charge in [-0.05, 0) is 36.3 Å². The smallest absolute Gasteiger partial charge is 0.270 e. The van der Waals surface area contributed by atoms with Gasteiger partial charge in [0, 0.05) is 38.8 Å². The third-order valence-electron chi connectivity index (χ3n) is 5.97.